The highest BCUT2D eigenvalue weighted by atomic mass is 79.9. The fourth-order valence-electron chi connectivity index (χ4n) is 2.37. The topological polar surface area (TPSA) is 67.8 Å². The van der Waals surface area contributed by atoms with Gasteiger partial charge in [0.15, 0.2) is 0 Å². The fourth-order valence-corrected chi connectivity index (χ4v) is 2.95. The number of halogens is 2. The number of ether oxygens (including phenoxy) is 1. The summed E-state index contributed by atoms with van der Waals surface area (Å²) in [6, 6.07) is 12.5. The molecule has 5 nitrogen and oxygen atoms in total. The third kappa shape index (κ3) is 3.34. The van der Waals surface area contributed by atoms with E-state index in [1.807, 2.05) is 12.1 Å². The first-order valence-electron chi connectivity index (χ1n) is 7.06. The first kappa shape index (κ1) is 16.7. The maximum absolute atomic E-state index is 12.3. The number of amides is 1. The minimum absolute atomic E-state index is 0.474. The van der Waals surface area contributed by atoms with Crippen molar-refractivity contribution in [2.24, 2.45) is 4.99 Å². The lowest BCUT2D eigenvalue weighted by molar-refractivity contribution is -0.151. The number of hydrogen-bond acceptors (Lipinski definition) is 4. The van der Waals surface area contributed by atoms with Crippen LogP contribution in [0.3, 0.4) is 0 Å². The summed E-state index contributed by atoms with van der Waals surface area (Å²) >= 11 is 9.72. The Balaban J connectivity index is 2.23. The van der Waals surface area contributed by atoms with E-state index in [4.69, 9.17) is 16.3 Å². The Hall–Kier alpha value is -2.18. The van der Waals surface area contributed by atoms with Crippen LogP contribution in [-0.4, -0.2) is 23.8 Å². The van der Waals surface area contributed by atoms with E-state index in [9.17, 15) is 9.59 Å². The fraction of sp³-hybridized carbons (Fsp3) is 0.118. The number of nitrogens with one attached hydrogen (secondary N) is 1. The molecule has 2 aromatic carbocycles. The van der Waals surface area contributed by atoms with Crippen molar-refractivity contribution in [3.63, 3.8) is 0 Å². The predicted octanol–water partition coefficient (Wildman–Crippen LogP) is 3.78. The van der Waals surface area contributed by atoms with Crippen LogP contribution >= 0.6 is 27.5 Å². The highest BCUT2D eigenvalue weighted by Gasteiger charge is 2.28. The number of benzodiazepines with no additional fused rings is 1. The van der Waals surface area contributed by atoms with E-state index < -0.39 is 18.1 Å². The highest BCUT2D eigenvalue weighted by Crippen LogP contribution is 2.30. The molecule has 0 bridgehead atoms. The van der Waals surface area contributed by atoms with E-state index in [1.165, 1.54) is 6.92 Å². The molecule has 0 spiro atoms. The summed E-state index contributed by atoms with van der Waals surface area (Å²) < 4.78 is 5.86. The molecule has 0 aromatic heterocycles. The molecule has 0 radical (unpaired) electrons. The van der Waals surface area contributed by atoms with Gasteiger partial charge < -0.3 is 10.1 Å². The second kappa shape index (κ2) is 6.75. The maximum Gasteiger partial charge on any atom is 0.305 e. The van der Waals surface area contributed by atoms with E-state index in [2.05, 4.69) is 26.2 Å². The summed E-state index contributed by atoms with van der Waals surface area (Å²) in [6.45, 7) is 1.23. The molecule has 1 atom stereocenters. The van der Waals surface area contributed by atoms with Gasteiger partial charge in [-0.05, 0) is 24.3 Å². The normalized spacial score (nSPS) is 16.5. The van der Waals surface area contributed by atoms with Gasteiger partial charge in [-0.15, -0.1) is 0 Å². The monoisotopic (exact) mass is 406 g/mol. The molecule has 3 rings (SSSR count). The average Bonchev–Trinajstić information content (AvgIpc) is 2.65. The van der Waals surface area contributed by atoms with Crippen molar-refractivity contribution in [3.8, 4) is 0 Å². The number of fused-ring (bicyclic) bond motifs is 1. The Kier molecular flexibility index (Phi) is 4.69. The zero-order valence-corrected chi connectivity index (χ0v) is 14.9. The summed E-state index contributed by atoms with van der Waals surface area (Å²) in [4.78, 5) is 28.0. The minimum Gasteiger partial charge on any atom is -0.430 e. The lowest BCUT2D eigenvalue weighted by Crippen LogP contribution is -2.29. The summed E-state index contributed by atoms with van der Waals surface area (Å²) in [5.74, 6) is -1.11. The third-order valence-corrected chi connectivity index (χ3v) is 4.19. The molecule has 0 fully saturated rings. The second-order valence-electron chi connectivity index (χ2n) is 5.10. The first-order valence-corrected chi connectivity index (χ1v) is 8.23. The van der Waals surface area contributed by atoms with Crippen LogP contribution in [0.5, 0.6) is 0 Å². The number of nitrogens with zero attached hydrogens (tertiary/aromatic N) is 1. The Morgan fingerprint density at radius 3 is 2.71 bits per heavy atom. The van der Waals surface area contributed by atoms with E-state index in [0.717, 1.165) is 4.47 Å². The summed E-state index contributed by atoms with van der Waals surface area (Å²) in [5, 5.41) is 3.21. The maximum atomic E-state index is 12.3. The number of carbonyl (C=O) groups is 2. The number of hydrogen-bond donors (Lipinski definition) is 1. The number of benzene rings is 2. The zero-order valence-electron chi connectivity index (χ0n) is 12.5. The third-order valence-electron chi connectivity index (χ3n) is 3.37. The van der Waals surface area contributed by atoms with E-state index >= 15 is 0 Å². The molecule has 2 aromatic rings. The van der Waals surface area contributed by atoms with Crippen LogP contribution in [0.4, 0.5) is 5.69 Å². The van der Waals surface area contributed by atoms with Crippen molar-refractivity contribution in [2.75, 3.05) is 5.32 Å². The van der Waals surface area contributed by atoms with E-state index in [1.54, 1.807) is 30.3 Å². The van der Waals surface area contributed by atoms with Crippen LogP contribution in [0, 0.1) is 0 Å². The predicted molar refractivity (Wildman–Crippen MR) is 95.4 cm³/mol. The van der Waals surface area contributed by atoms with Gasteiger partial charge in [-0.2, -0.15) is 0 Å². The number of aliphatic imine (C=N–C) groups is 1. The van der Waals surface area contributed by atoms with Crippen molar-refractivity contribution in [2.45, 2.75) is 13.2 Å². The summed E-state index contributed by atoms with van der Waals surface area (Å²) in [6.07, 6.45) is -1.28. The van der Waals surface area contributed by atoms with Gasteiger partial charge >= 0.3 is 5.97 Å². The summed E-state index contributed by atoms with van der Waals surface area (Å²) in [7, 11) is 0. The molecule has 122 valence electrons. The van der Waals surface area contributed by atoms with Crippen LogP contribution in [-0.2, 0) is 14.3 Å². The molecule has 24 heavy (non-hydrogen) atoms. The van der Waals surface area contributed by atoms with Crippen LogP contribution in [0.15, 0.2) is 51.9 Å². The Morgan fingerprint density at radius 2 is 2.00 bits per heavy atom. The molecule has 0 saturated heterocycles. The van der Waals surface area contributed by atoms with Crippen LogP contribution < -0.4 is 5.32 Å². The number of rotatable bonds is 2. The Morgan fingerprint density at radius 1 is 1.25 bits per heavy atom. The van der Waals surface area contributed by atoms with Crippen molar-refractivity contribution >= 4 is 50.8 Å². The van der Waals surface area contributed by atoms with Crippen molar-refractivity contribution in [3.05, 3.63) is 63.1 Å². The van der Waals surface area contributed by atoms with Gasteiger partial charge in [-0.3, -0.25) is 9.59 Å². The SMILES string of the molecule is CC(=O)O[C@H]1N=C(c2ccccc2Cl)c2cc(Br)ccc2NC1=O. The van der Waals surface area contributed by atoms with Crippen LogP contribution in [0.2, 0.25) is 5.02 Å². The Bertz CT molecular complexity index is 867. The quantitative estimate of drug-likeness (QED) is 0.770. The van der Waals surface area contributed by atoms with Gasteiger partial charge in [0.05, 0.1) is 11.4 Å². The standard InChI is InChI=1S/C17H12BrClN2O3/c1-9(22)24-17-16(23)20-14-7-6-10(18)8-12(14)15(21-17)11-4-2-3-5-13(11)19/h2-8,17H,1H3,(H,20,23)/t17-/m1/s1. The van der Waals surface area contributed by atoms with Gasteiger partial charge in [-0.25, -0.2) is 4.99 Å². The lowest BCUT2D eigenvalue weighted by atomic mass is 10.0. The van der Waals surface area contributed by atoms with Gasteiger partial charge in [0.2, 0.25) is 0 Å². The molecule has 1 aliphatic heterocycles. The van der Waals surface area contributed by atoms with E-state index in [-0.39, 0.29) is 0 Å². The van der Waals surface area contributed by atoms with Gasteiger partial charge in [0.25, 0.3) is 12.1 Å². The van der Waals surface area contributed by atoms with E-state index in [0.29, 0.717) is 27.5 Å². The van der Waals surface area contributed by atoms with Gasteiger partial charge in [0.1, 0.15) is 0 Å². The molecule has 7 heteroatoms. The second-order valence-corrected chi connectivity index (χ2v) is 6.42. The number of carbonyl (C=O) groups excluding carboxylic acids is 2. The molecule has 1 N–H and O–H groups in total. The van der Waals surface area contributed by atoms with Crippen molar-refractivity contribution in [1.82, 2.24) is 0 Å². The number of esters is 1. The minimum atomic E-state index is -1.28. The molecular weight excluding hydrogens is 396 g/mol. The number of anilines is 1. The molecule has 1 aliphatic rings. The largest absolute Gasteiger partial charge is 0.430 e. The zero-order chi connectivity index (χ0) is 17.3. The molecule has 0 saturated carbocycles. The van der Waals surface area contributed by atoms with Crippen LogP contribution in [0.1, 0.15) is 18.1 Å². The summed E-state index contributed by atoms with van der Waals surface area (Å²) in [5.41, 5.74) is 2.37. The smallest absolute Gasteiger partial charge is 0.305 e. The average molecular weight is 408 g/mol. The van der Waals surface area contributed by atoms with Crippen LogP contribution in [0.25, 0.3) is 0 Å². The van der Waals surface area contributed by atoms with Crippen molar-refractivity contribution in [1.29, 1.82) is 0 Å². The Labute approximate surface area is 151 Å². The molecule has 1 heterocycles. The van der Waals surface area contributed by atoms with Gasteiger partial charge in [-0.1, -0.05) is 45.7 Å². The molecular formula is C17H12BrClN2O3. The van der Waals surface area contributed by atoms with Gasteiger partial charge in [0, 0.05) is 27.5 Å². The van der Waals surface area contributed by atoms with Crippen molar-refractivity contribution < 1.29 is 14.3 Å². The molecule has 0 aliphatic carbocycles. The highest BCUT2D eigenvalue weighted by molar-refractivity contribution is 9.10. The lowest BCUT2D eigenvalue weighted by Gasteiger charge is -2.12. The molecule has 1 amide bonds. The first-order chi connectivity index (χ1) is 11.5. The molecule has 0 unspecified atom stereocenters.